The number of rotatable bonds is 5. The van der Waals surface area contributed by atoms with Gasteiger partial charge in [-0.05, 0) is 58.3 Å². The quantitative estimate of drug-likeness (QED) is 0.180. The molecule has 8 aromatic carbocycles. The van der Waals surface area contributed by atoms with Gasteiger partial charge in [-0.1, -0.05) is 140 Å². The molecule has 11 aromatic rings. The lowest BCUT2D eigenvalue weighted by molar-refractivity contribution is 0.668. The molecule has 0 atom stereocenters. The summed E-state index contributed by atoms with van der Waals surface area (Å²) in [5.41, 5.74) is 9.72. The van der Waals surface area contributed by atoms with Crippen molar-refractivity contribution in [1.82, 2.24) is 19.5 Å². The fourth-order valence-corrected chi connectivity index (χ4v) is 7.89. The predicted molar refractivity (Wildman–Crippen MR) is 221 cm³/mol. The van der Waals surface area contributed by atoms with E-state index in [1.165, 1.54) is 21.5 Å². The minimum Gasteiger partial charge on any atom is -0.456 e. The van der Waals surface area contributed by atoms with Gasteiger partial charge in [0.15, 0.2) is 17.5 Å². The van der Waals surface area contributed by atoms with Crippen LogP contribution in [0.1, 0.15) is 0 Å². The molecule has 0 bridgehead atoms. The number of benzene rings is 8. The molecular weight excluding hydrogens is 661 g/mol. The standard InChI is InChI=1S/C49H30N4O/c1-3-14-31(15-4-1)33-20-13-21-36(26-33)48-50-47(32-16-5-2-6-17-32)51-49(52-48)41-29-37(30-45-46(41)39-23-10-12-25-44(39)54-45)53-42-24-11-9-22-38(42)40-27-34-18-7-8-19-35(34)28-43(40)53/h1-30H. The fraction of sp³-hybridized carbons (Fsp3) is 0. The molecule has 0 radical (unpaired) electrons. The Morgan fingerprint density at radius 1 is 0.370 bits per heavy atom. The molecule has 0 unspecified atom stereocenters. The lowest BCUT2D eigenvalue weighted by Crippen LogP contribution is -2.02. The summed E-state index contributed by atoms with van der Waals surface area (Å²) in [5, 5.41) is 6.76. The molecule has 3 aromatic heterocycles. The van der Waals surface area contributed by atoms with E-state index in [0.717, 1.165) is 66.5 Å². The third-order valence-electron chi connectivity index (χ3n) is 10.4. The number of nitrogens with zero attached hydrogens (tertiary/aromatic N) is 4. The summed E-state index contributed by atoms with van der Waals surface area (Å²) in [6, 6.07) is 63.3. The van der Waals surface area contributed by atoms with E-state index in [1.807, 2.05) is 48.5 Å². The topological polar surface area (TPSA) is 56.7 Å². The van der Waals surface area contributed by atoms with Crippen molar-refractivity contribution < 1.29 is 4.42 Å². The van der Waals surface area contributed by atoms with E-state index in [1.54, 1.807) is 0 Å². The predicted octanol–water partition coefficient (Wildman–Crippen LogP) is 12.7. The molecule has 5 nitrogen and oxygen atoms in total. The fourth-order valence-electron chi connectivity index (χ4n) is 7.89. The van der Waals surface area contributed by atoms with Gasteiger partial charge in [-0.25, -0.2) is 15.0 Å². The van der Waals surface area contributed by atoms with E-state index in [4.69, 9.17) is 19.4 Å². The number of fused-ring (bicyclic) bond motifs is 7. The molecule has 0 fully saturated rings. The van der Waals surface area contributed by atoms with Crippen molar-refractivity contribution in [3.8, 4) is 51.0 Å². The van der Waals surface area contributed by atoms with Crippen LogP contribution >= 0.6 is 0 Å². The minimum absolute atomic E-state index is 0.577. The third-order valence-corrected chi connectivity index (χ3v) is 10.4. The van der Waals surface area contributed by atoms with E-state index in [9.17, 15) is 0 Å². The van der Waals surface area contributed by atoms with Crippen LogP contribution in [0, 0.1) is 0 Å². The highest BCUT2D eigenvalue weighted by Gasteiger charge is 2.22. The van der Waals surface area contributed by atoms with Gasteiger partial charge >= 0.3 is 0 Å². The van der Waals surface area contributed by atoms with Crippen LogP contribution in [-0.2, 0) is 0 Å². The summed E-state index contributed by atoms with van der Waals surface area (Å²) in [7, 11) is 0. The molecule has 0 aliphatic heterocycles. The second-order valence-electron chi connectivity index (χ2n) is 13.7. The van der Waals surface area contributed by atoms with Gasteiger partial charge in [0, 0.05) is 44.3 Å². The Labute approximate surface area is 310 Å². The minimum atomic E-state index is 0.577. The monoisotopic (exact) mass is 690 g/mol. The van der Waals surface area contributed by atoms with Crippen LogP contribution in [-0.4, -0.2) is 19.5 Å². The average molecular weight is 691 g/mol. The Bertz CT molecular complexity index is 3220. The number of para-hydroxylation sites is 2. The second kappa shape index (κ2) is 12.1. The Morgan fingerprint density at radius 3 is 1.80 bits per heavy atom. The summed E-state index contributed by atoms with van der Waals surface area (Å²) < 4.78 is 9.00. The molecule has 0 spiro atoms. The zero-order valence-corrected chi connectivity index (χ0v) is 29.0. The molecular formula is C49H30N4O. The summed E-state index contributed by atoms with van der Waals surface area (Å²) in [4.78, 5) is 15.6. The number of hydrogen-bond acceptors (Lipinski definition) is 4. The summed E-state index contributed by atoms with van der Waals surface area (Å²) in [6.07, 6.45) is 0. The molecule has 252 valence electrons. The first-order valence-corrected chi connectivity index (χ1v) is 18.1. The van der Waals surface area contributed by atoms with E-state index >= 15 is 0 Å². The maximum atomic E-state index is 6.66. The molecule has 5 heteroatoms. The van der Waals surface area contributed by atoms with Crippen molar-refractivity contribution >= 4 is 54.5 Å². The highest BCUT2D eigenvalue weighted by Crippen LogP contribution is 2.41. The van der Waals surface area contributed by atoms with Crippen LogP contribution in [0.3, 0.4) is 0 Å². The first-order chi connectivity index (χ1) is 26.7. The van der Waals surface area contributed by atoms with Gasteiger partial charge < -0.3 is 8.98 Å². The largest absolute Gasteiger partial charge is 0.456 e. The Balaban J connectivity index is 1.21. The van der Waals surface area contributed by atoms with Crippen LogP contribution in [0.15, 0.2) is 186 Å². The van der Waals surface area contributed by atoms with Crippen molar-refractivity contribution in [2.24, 2.45) is 0 Å². The van der Waals surface area contributed by atoms with Crippen molar-refractivity contribution in [3.05, 3.63) is 182 Å². The lowest BCUT2D eigenvalue weighted by Gasteiger charge is -2.13. The van der Waals surface area contributed by atoms with Gasteiger partial charge in [0.05, 0.1) is 16.7 Å². The Hall–Kier alpha value is -7.37. The maximum absolute atomic E-state index is 6.66. The SMILES string of the molecule is c1ccc(-c2cccc(-c3nc(-c4ccccc4)nc(-c4cc(-n5c6ccccc6c6cc7ccccc7cc65)cc5oc6ccccc6c45)n3)c2)cc1. The van der Waals surface area contributed by atoms with Crippen LogP contribution < -0.4 is 0 Å². The van der Waals surface area contributed by atoms with Crippen molar-refractivity contribution in [3.63, 3.8) is 0 Å². The smallest absolute Gasteiger partial charge is 0.164 e. The average Bonchev–Trinajstić information content (AvgIpc) is 3.78. The molecule has 0 saturated carbocycles. The molecule has 0 aliphatic carbocycles. The Kier molecular flexibility index (Phi) is 6.79. The van der Waals surface area contributed by atoms with Gasteiger partial charge in [-0.3, -0.25) is 0 Å². The van der Waals surface area contributed by atoms with Crippen molar-refractivity contribution in [2.75, 3.05) is 0 Å². The van der Waals surface area contributed by atoms with Gasteiger partial charge in [-0.15, -0.1) is 0 Å². The summed E-state index contributed by atoms with van der Waals surface area (Å²) in [5.74, 6) is 1.79. The zero-order valence-electron chi connectivity index (χ0n) is 29.0. The maximum Gasteiger partial charge on any atom is 0.164 e. The lowest BCUT2D eigenvalue weighted by atomic mass is 10.0. The van der Waals surface area contributed by atoms with Gasteiger partial charge in [0.2, 0.25) is 0 Å². The van der Waals surface area contributed by atoms with E-state index in [-0.39, 0.29) is 0 Å². The second-order valence-corrected chi connectivity index (χ2v) is 13.7. The van der Waals surface area contributed by atoms with Crippen LogP contribution in [0.5, 0.6) is 0 Å². The molecule has 0 N–H and O–H groups in total. The molecule has 0 aliphatic rings. The van der Waals surface area contributed by atoms with Crippen LogP contribution in [0.4, 0.5) is 0 Å². The zero-order chi connectivity index (χ0) is 35.6. The first-order valence-electron chi connectivity index (χ1n) is 18.1. The highest BCUT2D eigenvalue weighted by molar-refractivity contribution is 6.15. The van der Waals surface area contributed by atoms with Crippen LogP contribution in [0.25, 0.3) is 105 Å². The van der Waals surface area contributed by atoms with Crippen molar-refractivity contribution in [1.29, 1.82) is 0 Å². The van der Waals surface area contributed by atoms with Crippen molar-refractivity contribution in [2.45, 2.75) is 0 Å². The Morgan fingerprint density at radius 2 is 0.981 bits per heavy atom. The van der Waals surface area contributed by atoms with Crippen LogP contribution in [0.2, 0.25) is 0 Å². The van der Waals surface area contributed by atoms with E-state index < -0.39 is 0 Å². The molecule has 3 heterocycles. The van der Waals surface area contributed by atoms with Gasteiger partial charge in [-0.2, -0.15) is 0 Å². The first kappa shape index (κ1) is 30.3. The van der Waals surface area contributed by atoms with E-state index in [2.05, 4.69) is 138 Å². The highest BCUT2D eigenvalue weighted by atomic mass is 16.3. The molecule has 0 amide bonds. The summed E-state index contributed by atoms with van der Waals surface area (Å²) in [6.45, 7) is 0. The van der Waals surface area contributed by atoms with Gasteiger partial charge in [0.1, 0.15) is 11.2 Å². The molecule has 11 rings (SSSR count). The normalized spacial score (nSPS) is 11.7. The molecule has 54 heavy (non-hydrogen) atoms. The third kappa shape index (κ3) is 4.90. The molecule has 0 saturated heterocycles. The number of aromatic nitrogens is 4. The van der Waals surface area contributed by atoms with Gasteiger partial charge in [0.25, 0.3) is 0 Å². The van der Waals surface area contributed by atoms with E-state index in [0.29, 0.717) is 17.5 Å². The summed E-state index contributed by atoms with van der Waals surface area (Å²) >= 11 is 0. The number of furan rings is 1. The number of hydrogen-bond donors (Lipinski definition) is 0.